The van der Waals surface area contributed by atoms with Gasteiger partial charge in [0.05, 0.1) is 31.0 Å². The third kappa shape index (κ3) is 5.20. The number of ether oxygens (including phenoxy) is 2. The minimum Gasteiger partial charge on any atom is -0.480 e. The van der Waals surface area contributed by atoms with Crippen molar-refractivity contribution in [3.8, 4) is 23.0 Å². The van der Waals surface area contributed by atoms with E-state index in [0.29, 0.717) is 39.3 Å². The number of pyridine rings is 1. The highest BCUT2D eigenvalue weighted by Gasteiger charge is 2.30. The molecule has 0 amide bonds. The molecule has 4 aromatic rings. The summed E-state index contributed by atoms with van der Waals surface area (Å²) in [5.41, 5.74) is 2.89. The van der Waals surface area contributed by atoms with E-state index in [9.17, 15) is 18.5 Å². The minimum atomic E-state index is -3.87. The number of nitrogens with one attached hydrogen (secondary N) is 2. The van der Waals surface area contributed by atoms with Crippen LogP contribution >= 0.6 is 0 Å². The van der Waals surface area contributed by atoms with Crippen molar-refractivity contribution < 1.29 is 27.9 Å². The van der Waals surface area contributed by atoms with Crippen LogP contribution in [0.2, 0.25) is 0 Å². The predicted octanol–water partition coefficient (Wildman–Crippen LogP) is 1.57. The number of benzene rings is 2. The lowest BCUT2D eigenvalue weighted by molar-refractivity contribution is 0.353. The second-order valence-electron chi connectivity index (χ2n) is 8.53. The summed E-state index contributed by atoms with van der Waals surface area (Å²) in [5.74, 6) is 0.316. The molecule has 0 saturated heterocycles. The van der Waals surface area contributed by atoms with Gasteiger partial charge in [-0.2, -0.15) is 4.98 Å². The average molecular weight is 521 g/mol. The van der Waals surface area contributed by atoms with Crippen molar-refractivity contribution in [2.75, 3.05) is 19.5 Å². The van der Waals surface area contributed by atoms with Crippen molar-refractivity contribution in [1.82, 2.24) is 19.7 Å². The van der Waals surface area contributed by atoms with Gasteiger partial charge < -0.3 is 24.8 Å². The fourth-order valence-corrected chi connectivity index (χ4v) is 5.31. The Morgan fingerprint density at radius 1 is 1.03 bits per heavy atom. The van der Waals surface area contributed by atoms with Crippen molar-refractivity contribution in [3.05, 3.63) is 54.9 Å². The SMILES string of the molecule is COc1ncc(-c2ccc3c(Nc4cccc(B(O)O)c4)c(S(=O)(=O)NC4CC4)cnc3c2)c(OC)n1. The number of rotatable bonds is 9. The van der Waals surface area contributed by atoms with E-state index >= 15 is 0 Å². The molecule has 2 aromatic carbocycles. The monoisotopic (exact) mass is 521 g/mol. The van der Waals surface area contributed by atoms with Crippen LogP contribution in [0.3, 0.4) is 0 Å². The summed E-state index contributed by atoms with van der Waals surface area (Å²) >= 11 is 0. The topological polar surface area (TPSA) is 156 Å². The van der Waals surface area contributed by atoms with Crippen LogP contribution in [0.4, 0.5) is 11.4 Å². The van der Waals surface area contributed by atoms with Crippen molar-refractivity contribution in [1.29, 1.82) is 0 Å². The molecule has 0 aliphatic heterocycles. The van der Waals surface area contributed by atoms with E-state index < -0.39 is 17.1 Å². The smallest absolute Gasteiger partial charge is 0.480 e. The summed E-state index contributed by atoms with van der Waals surface area (Å²) in [4.78, 5) is 12.8. The first-order valence-corrected chi connectivity index (χ1v) is 12.9. The van der Waals surface area contributed by atoms with Crippen molar-refractivity contribution in [3.63, 3.8) is 0 Å². The van der Waals surface area contributed by atoms with Crippen LogP contribution in [-0.4, -0.2) is 60.8 Å². The molecule has 0 bridgehead atoms. The summed E-state index contributed by atoms with van der Waals surface area (Å²) in [6.07, 6.45) is 4.46. The van der Waals surface area contributed by atoms with Crippen molar-refractivity contribution in [2.45, 2.75) is 23.8 Å². The number of anilines is 2. The highest BCUT2D eigenvalue weighted by atomic mass is 32.2. The first kappa shape index (κ1) is 24.9. The maximum atomic E-state index is 13.2. The van der Waals surface area contributed by atoms with Gasteiger partial charge in [0, 0.05) is 29.5 Å². The Labute approximate surface area is 213 Å². The van der Waals surface area contributed by atoms with E-state index in [1.165, 1.54) is 26.5 Å². The van der Waals surface area contributed by atoms with Crippen LogP contribution < -0.4 is 25.0 Å². The second kappa shape index (κ2) is 9.94. The normalized spacial score (nSPS) is 13.4. The summed E-state index contributed by atoms with van der Waals surface area (Å²) in [6.45, 7) is 0. The first-order chi connectivity index (χ1) is 17.8. The van der Waals surface area contributed by atoms with Gasteiger partial charge in [0.2, 0.25) is 15.9 Å². The Morgan fingerprint density at radius 2 is 1.84 bits per heavy atom. The summed E-state index contributed by atoms with van der Waals surface area (Å²) in [7, 11) is -2.58. The lowest BCUT2D eigenvalue weighted by Crippen LogP contribution is -2.29. The molecule has 1 fully saturated rings. The molecule has 5 rings (SSSR count). The molecule has 0 unspecified atom stereocenters. The highest BCUT2D eigenvalue weighted by molar-refractivity contribution is 7.89. The molecule has 4 N–H and O–H groups in total. The lowest BCUT2D eigenvalue weighted by Gasteiger charge is -2.17. The molecular formula is C24H24BN5O6S. The number of fused-ring (bicyclic) bond motifs is 1. The molecule has 1 aliphatic carbocycles. The van der Waals surface area contributed by atoms with Gasteiger partial charge in [0.1, 0.15) is 4.90 Å². The summed E-state index contributed by atoms with van der Waals surface area (Å²) in [5, 5.41) is 22.9. The van der Waals surface area contributed by atoms with Gasteiger partial charge in [-0.25, -0.2) is 18.1 Å². The zero-order valence-electron chi connectivity index (χ0n) is 20.0. The van der Waals surface area contributed by atoms with Gasteiger partial charge in [-0.15, -0.1) is 0 Å². The van der Waals surface area contributed by atoms with Gasteiger partial charge in [0.15, 0.2) is 0 Å². The van der Waals surface area contributed by atoms with Crippen molar-refractivity contribution in [2.24, 2.45) is 0 Å². The average Bonchev–Trinajstić information content (AvgIpc) is 3.71. The number of sulfonamides is 1. The Kier molecular flexibility index (Phi) is 6.69. The zero-order valence-corrected chi connectivity index (χ0v) is 20.9. The molecule has 37 heavy (non-hydrogen) atoms. The van der Waals surface area contributed by atoms with E-state index in [4.69, 9.17) is 9.47 Å². The molecule has 0 atom stereocenters. The predicted molar refractivity (Wildman–Crippen MR) is 139 cm³/mol. The van der Waals surface area contributed by atoms with Gasteiger partial charge in [-0.05, 0) is 42.1 Å². The minimum absolute atomic E-state index is 0.0139. The van der Waals surface area contributed by atoms with E-state index in [1.54, 1.807) is 42.6 Å². The van der Waals surface area contributed by atoms with E-state index in [0.717, 1.165) is 12.8 Å². The molecule has 2 aromatic heterocycles. The molecule has 11 nitrogen and oxygen atoms in total. The largest absolute Gasteiger partial charge is 0.488 e. The Morgan fingerprint density at radius 3 is 2.54 bits per heavy atom. The number of methoxy groups -OCH3 is 2. The fourth-order valence-electron chi connectivity index (χ4n) is 3.88. The molecule has 1 aliphatic rings. The molecule has 0 spiro atoms. The number of hydrogen-bond acceptors (Lipinski definition) is 10. The number of aromatic nitrogens is 3. The van der Waals surface area contributed by atoms with Crippen LogP contribution in [0, 0.1) is 0 Å². The molecule has 13 heteroatoms. The number of nitrogens with zero attached hydrogens (tertiary/aromatic N) is 3. The van der Waals surface area contributed by atoms with Gasteiger partial charge >= 0.3 is 13.1 Å². The third-order valence-corrected chi connectivity index (χ3v) is 7.43. The molecule has 190 valence electrons. The van der Waals surface area contributed by atoms with Crippen LogP contribution in [0.1, 0.15) is 12.8 Å². The lowest BCUT2D eigenvalue weighted by atomic mass is 9.80. The first-order valence-electron chi connectivity index (χ1n) is 11.4. The van der Waals surface area contributed by atoms with E-state index in [1.807, 2.05) is 0 Å². The van der Waals surface area contributed by atoms with Crippen LogP contribution in [0.5, 0.6) is 11.9 Å². The fraction of sp³-hybridized carbons (Fsp3) is 0.208. The number of hydrogen-bond donors (Lipinski definition) is 4. The molecule has 2 heterocycles. The zero-order chi connectivity index (χ0) is 26.2. The standard InChI is InChI=1S/C24H24BN5O6S/c1-35-23-19(12-27-24(29-23)36-2)14-6-9-18-20(10-14)26-13-21(37(33,34)30-16-7-8-16)22(18)28-17-5-3-4-15(11-17)25(31)32/h3-6,9-13,16,30-32H,7-8H2,1-2H3,(H,26,28). The van der Waals surface area contributed by atoms with Crippen molar-refractivity contribution >= 4 is 44.9 Å². The van der Waals surface area contributed by atoms with E-state index in [2.05, 4.69) is 25.0 Å². The summed E-state index contributed by atoms with van der Waals surface area (Å²) < 4.78 is 39.6. The Bertz CT molecular complexity index is 1580. The Balaban J connectivity index is 1.64. The maximum absolute atomic E-state index is 13.2. The van der Waals surface area contributed by atoms with Crippen LogP contribution in [-0.2, 0) is 10.0 Å². The van der Waals surface area contributed by atoms with Crippen LogP contribution in [0.15, 0.2) is 59.8 Å². The third-order valence-electron chi connectivity index (χ3n) is 5.90. The molecule has 0 radical (unpaired) electrons. The summed E-state index contributed by atoms with van der Waals surface area (Å²) in [6, 6.07) is 11.9. The van der Waals surface area contributed by atoms with Gasteiger partial charge in [-0.3, -0.25) is 4.98 Å². The molecular weight excluding hydrogens is 497 g/mol. The van der Waals surface area contributed by atoms with Gasteiger partial charge in [-0.1, -0.05) is 24.3 Å². The van der Waals surface area contributed by atoms with Crippen LogP contribution in [0.25, 0.3) is 22.0 Å². The maximum Gasteiger partial charge on any atom is 0.488 e. The Hall–Kier alpha value is -3.78. The quantitative estimate of drug-likeness (QED) is 0.239. The second-order valence-corrected chi connectivity index (χ2v) is 10.2. The van der Waals surface area contributed by atoms with E-state index in [-0.39, 0.29) is 22.4 Å². The highest BCUT2D eigenvalue weighted by Crippen LogP contribution is 2.36. The van der Waals surface area contributed by atoms with Gasteiger partial charge in [0.25, 0.3) is 0 Å². The molecule has 1 saturated carbocycles.